The molecule has 16 heavy (non-hydrogen) atoms. The number of fused-ring (bicyclic) bond motifs is 1. The molecule has 0 radical (unpaired) electrons. The van der Waals surface area contributed by atoms with Crippen molar-refractivity contribution in [3.63, 3.8) is 0 Å². The number of aromatic nitrogens is 2. The highest BCUT2D eigenvalue weighted by Gasteiger charge is 2.26. The summed E-state index contributed by atoms with van der Waals surface area (Å²) >= 11 is 0. The molecule has 0 bridgehead atoms. The van der Waals surface area contributed by atoms with Crippen molar-refractivity contribution in [3.05, 3.63) is 30.1 Å². The molecule has 5 nitrogen and oxygen atoms in total. The minimum absolute atomic E-state index is 0.0188. The van der Waals surface area contributed by atoms with Crippen LogP contribution in [0.4, 0.5) is 4.79 Å². The van der Waals surface area contributed by atoms with Gasteiger partial charge in [-0.05, 0) is 17.7 Å². The molecule has 0 spiro atoms. The van der Waals surface area contributed by atoms with E-state index in [4.69, 9.17) is 0 Å². The Morgan fingerprint density at radius 3 is 3.12 bits per heavy atom. The average molecular weight is 216 g/mol. The van der Waals surface area contributed by atoms with Crippen LogP contribution in [-0.2, 0) is 0 Å². The highest BCUT2D eigenvalue weighted by Crippen LogP contribution is 2.22. The molecule has 1 fully saturated rings. The van der Waals surface area contributed by atoms with E-state index in [1.807, 2.05) is 18.2 Å². The largest absolute Gasteiger partial charge is 0.345 e. The predicted octanol–water partition coefficient (Wildman–Crippen LogP) is 1.26. The van der Waals surface area contributed by atoms with Gasteiger partial charge in [-0.2, -0.15) is 0 Å². The minimum atomic E-state index is -0.0188. The van der Waals surface area contributed by atoms with Gasteiger partial charge in [-0.25, -0.2) is 9.78 Å². The van der Waals surface area contributed by atoms with E-state index in [9.17, 15) is 4.79 Å². The van der Waals surface area contributed by atoms with E-state index in [1.165, 1.54) is 0 Å². The lowest BCUT2D eigenvalue weighted by Gasteiger charge is -2.09. The van der Waals surface area contributed by atoms with E-state index in [1.54, 1.807) is 18.3 Å². The monoisotopic (exact) mass is 216 g/mol. The lowest BCUT2D eigenvalue weighted by molar-refractivity contribution is 0.226. The molecular weight excluding hydrogens is 204 g/mol. The van der Waals surface area contributed by atoms with Gasteiger partial charge in [-0.3, -0.25) is 0 Å². The molecule has 1 saturated heterocycles. The average Bonchev–Trinajstić information content (AvgIpc) is 2.85. The molecule has 0 saturated carbocycles. The van der Waals surface area contributed by atoms with Crippen LogP contribution in [0.2, 0.25) is 0 Å². The summed E-state index contributed by atoms with van der Waals surface area (Å²) in [4.78, 5) is 20.3. The summed E-state index contributed by atoms with van der Waals surface area (Å²) in [6.07, 6.45) is 1.67. The quantitative estimate of drug-likeness (QED) is 0.753. The Labute approximate surface area is 92.5 Å². The molecule has 2 heterocycles. The Morgan fingerprint density at radius 2 is 2.38 bits per heavy atom. The maximum Gasteiger partial charge on any atom is 0.317 e. The van der Waals surface area contributed by atoms with Crippen molar-refractivity contribution in [2.24, 2.45) is 0 Å². The summed E-state index contributed by atoms with van der Waals surface area (Å²) in [7, 11) is 1.80. The number of H-pyrrole nitrogens is 1. The number of aromatic amines is 1. The molecule has 0 aliphatic carbocycles. The standard InChI is InChI=1S/C11H12N4O/c1-15-5-10(14-11(15)16)7-2-3-8-9(4-7)13-6-12-8/h2-4,6,10H,5H2,1H3,(H,12,13)(H,14,16). The maximum absolute atomic E-state index is 11.4. The van der Waals surface area contributed by atoms with Crippen LogP contribution < -0.4 is 5.32 Å². The van der Waals surface area contributed by atoms with E-state index < -0.39 is 0 Å². The maximum atomic E-state index is 11.4. The van der Waals surface area contributed by atoms with E-state index in [2.05, 4.69) is 15.3 Å². The summed E-state index contributed by atoms with van der Waals surface area (Å²) in [5.74, 6) is 0. The van der Waals surface area contributed by atoms with E-state index >= 15 is 0 Å². The van der Waals surface area contributed by atoms with Crippen LogP contribution in [-0.4, -0.2) is 34.5 Å². The minimum Gasteiger partial charge on any atom is -0.345 e. The Hall–Kier alpha value is -2.04. The smallest absolute Gasteiger partial charge is 0.317 e. The first-order valence-electron chi connectivity index (χ1n) is 5.19. The number of carbonyl (C=O) groups excluding carboxylic acids is 1. The second-order valence-corrected chi connectivity index (χ2v) is 4.06. The van der Waals surface area contributed by atoms with Crippen molar-refractivity contribution >= 4 is 17.1 Å². The Kier molecular flexibility index (Phi) is 1.86. The number of amides is 2. The van der Waals surface area contributed by atoms with Crippen molar-refractivity contribution in [2.75, 3.05) is 13.6 Å². The third-order valence-electron chi connectivity index (χ3n) is 2.95. The molecule has 2 amide bonds. The molecule has 2 aromatic rings. The van der Waals surface area contributed by atoms with E-state index in [-0.39, 0.29) is 12.1 Å². The molecule has 1 atom stereocenters. The number of carbonyl (C=O) groups is 1. The molecule has 1 unspecified atom stereocenters. The number of hydrogen-bond acceptors (Lipinski definition) is 2. The van der Waals surface area contributed by atoms with Crippen molar-refractivity contribution < 1.29 is 4.79 Å². The zero-order valence-corrected chi connectivity index (χ0v) is 8.90. The molecule has 2 N–H and O–H groups in total. The van der Waals surface area contributed by atoms with E-state index in [0.717, 1.165) is 16.6 Å². The summed E-state index contributed by atoms with van der Waals surface area (Å²) in [6.45, 7) is 0.707. The van der Waals surface area contributed by atoms with Gasteiger partial charge in [-0.1, -0.05) is 6.07 Å². The number of likely N-dealkylation sites (N-methyl/N-ethyl adjacent to an activating group) is 1. The third-order valence-corrected chi connectivity index (χ3v) is 2.95. The van der Waals surface area contributed by atoms with Crippen LogP contribution in [0.1, 0.15) is 11.6 Å². The number of nitrogens with zero attached hydrogens (tertiary/aromatic N) is 2. The van der Waals surface area contributed by atoms with Gasteiger partial charge in [0.2, 0.25) is 0 Å². The van der Waals surface area contributed by atoms with Gasteiger partial charge in [0, 0.05) is 13.6 Å². The molecule has 1 aromatic heterocycles. The van der Waals surface area contributed by atoms with Gasteiger partial charge in [-0.15, -0.1) is 0 Å². The van der Waals surface area contributed by atoms with Gasteiger partial charge in [0.05, 0.1) is 23.4 Å². The first-order chi connectivity index (χ1) is 7.74. The zero-order chi connectivity index (χ0) is 11.1. The summed E-state index contributed by atoms with van der Waals surface area (Å²) in [6, 6.07) is 6.06. The van der Waals surface area contributed by atoms with Crippen LogP contribution >= 0.6 is 0 Å². The lowest BCUT2D eigenvalue weighted by atomic mass is 10.1. The predicted molar refractivity (Wildman–Crippen MR) is 60.0 cm³/mol. The van der Waals surface area contributed by atoms with Gasteiger partial charge in [0.25, 0.3) is 0 Å². The number of nitrogens with one attached hydrogen (secondary N) is 2. The second-order valence-electron chi connectivity index (χ2n) is 4.06. The molecular formula is C11H12N4O. The van der Waals surface area contributed by atoms with E-state index in [0.29, 0.717) is 6.54 Å². The Balaban J connectivity index is 1.97. The first-order valence-corrected chi connectivity index (χ1v) is 5.19. The van der Waals surface area contributed by atoms with Crippen molar-refractivity contribution in [1.29, 1.82) is 0 Å². The first kappa shape index (κ1) is 9.21. The van der Waals surface area contributed by atoms with Crippen LogP contribution in [0, 0.1) is 0 Å². The molecule has 1 aromatic carbocycles. The van der Waals surface area contributed by atoms with Crippen LogP contribution in [0.3, 0.4) is 0 Å². The number of rotatable bonds is 1. The molecule has 1 aliphatic heterocycles. The van der Waals surface area contributed by atoms with Crippen molar-refractivity contribution in [3.8, 4) is 0 Å². The van der Waals surface area contributed by atoms with Crippen molar-refractivity contribution in [2.45, 2.75) is 6.04 Å². The molecule has 1 aliphatic rings. The molecule has 3 rings (SSSR count). The van der Waals surface area contributed by atoms with Gasteiger partial charge in [0.15, 0.2) is 0 Å². The van der Waals surface area contributed by atoms with Gasteiger partial charge < -0.3 is 15.2 Å². The molecule has 82 valence electrons. The van der Waals surface area contributed by atoms with Gasteiger partial charge in [0.1, 0.15) is 0 Å². The van der Waals surface area contributed by atoms with Gasteiger partial charge >= 0.3 is 6.03 Å². The fourth-order valence-corrected chi connectivity index (χ4v) is 2.02. The summed E-state index contributed by atoms with van der Waals surface area (Å²) in [5, 5.41) is 2.93. The summed E-state index contributed by atoms with van der Waals surface area (Å²) in [5.41, 5.74) is 3.05. The highest BCUT2D eigenvalue weighted by atomic mass is 16.2. The Morgan fingerprint density at radius 1 is 1.50 bits per heavy atom. The number of urea groups is 1. The number of hydrogen-bond donors (Lipinski definition) is 2. The highest BCUT2D eigenvalue weighted by molar-refractivity contribution is 5.78. The third kappa shape index (κ3) is 1.32. The zero-order valence-electron chi connectivity index (χ0n) is 8.90. The SMILES string of the molecule is CN1CC(c2ccc3nc[nH]c3c2)NC1=O. The second kappa shape index (κ2) is 3.23. The lowest BCUT2D eigenvalue weighted by Crippen LogP contribution is -2.23. The van der Waals surface area contributed by atoms with Crippen LogP contribution in [0.15, 0.2) is 24.5 Å². The summed E-state index contributed by atoms with van der Waals surface area (Å²) < 4.78 is 0. The fourth-order valence-electron chi connectivity index (χ4n) is 2.02. The normalized spacial score (nSPS) is 20.4. The van der Waals surface area contributed by atoms with Crippen molar-refractivity contribution in [1.82, 2.24) is 20.2 Å². The fraction of sp³-hybridized carbons (Fsp3) is 0.273. The number of benzene rings is 1. The van der Waals surface area contributed by atoms with Crippen LogP contribution in [0.25, 0.3) is 11.0 Å². The van der Waals surface area contributed by atoms with Crippen LogP contribution in [0.5, 0.6) is 0 Å². The topological polar surface area (TPSA) is 61.0 Å². The number of imidazole rings is 1. The molecule has 5 heteroatoms. The Bertz CT molecular complexity index is 548.